The monoisotopic (exact) mass is 306 g/mol. The Labute approximate surface area is 116 Å². The van der Waals surface area contributed by atoms with Gasteiger partial charge in [-0.2, -0.15) is 13.2 Å². The molecule has 0 spiro atoms. The minimum atomic E-state index is -4.49. The van der Waals surface area contributed by atoms with E-state index in [9.17, 15) is 13.2 Å². The first-order valence-corrected chi connectivity index (χ1v) is 6.20. The summed E-state index contributed by atoms with van der Waals surface area (Å²) in [5.41, 5.74) is 5.18. The molecule has 0 aliphatic carbocycles. The van der Waals surface area contributed by atoms with E-state index in [0.29, 0.717) is 19.0 Å². The summed E-state index contributed by atoms with van der Waals surface area (Å²) < 4.78 is 44.9. The van der Waals surface area contributed by atoms with E-state index in [1.54, 1.807) is 0 Å². The Morgan fingerprint density at radius 1 is 1.35 bits per heavy atom. The van der Waals surface area contributed by atoms with E-state index in [0.717, 1.165) is 12.3 Å². The minimum Gasteiger partial charge on any atom is -0.379 e. The first-order valence-electron chi connectivity index (χ1n) is 5.82. The lowest BCUT2D eigenvalue weighted by Gasteiger charge is -2.13. The molecule has 1 saturated heterocycles. The van der Waals surface area contributed by atoms with Crippen LogP contribution in [0.25, 0.3) is 5.65 Å². The summed E-state index contributed by atoms with van der Waals surface area (Å²) in [7, 11) is 0. The Kier molecular flexibility index (Phi) is 3.11. The van der Waals surface area contributed by atoms with Gasteiger partial charge in [0.15, 0.2) is 5.65 Å². The van der Waals surface area contributed by atoms with Gasteiger partial charge in [-0.15, -0.1) is 10.2 Å². The maximum atomic E-state index is 12.8. The van der Waals surface area contributed by atoms with Crippen LogP contribution in [0.5, 0.6) is 0 Å². The van der Waals surface area contributed by atoms with Gasteiger partial charge in [-0.1, -0.05) is 11.6 Å². The van der Waals surface area contributed by atoms with Crippen molar-refractivity contribution in [2.24, 2.45) is 5.73 Å². The number of hydrogen-bond acceptors (Lipinski definition) is 4. The molecule has 2 aromatic heterocycles. The molecule has 9 heteroatoms. The van der Waals surface area contributed by atoms with Gasteiger partial charge in [-0.05, 0) is 6.07 Å². The first-order chi connectivity index (χ1) is 9.38. The van der Waals surface area contributed by atoms with Crippen LogP contribution in [0.3, 0.4) is 0 Å². The summed E-state index contributed by atoms with van der Waals surface area (Å²) in [5, 5.41) is 7.63. The second-order valence-corrected chi connectivity index (χ2v) is 5.04. The zero-order chi connectivity index (χ0) is 14.5. The van der Waals surface area contributed by atoms with Crippen molar-refractivity contribution in [3.8, 4) is 0 Å². The molecule has 1 fully saturated rings. The van der Waals surface area contributed by atoms with Gasteiger partial charge in [-0.25, -0.2) is 0 Å². The minimum absolute atomic E-state index is 0.105. The molecule has 0 saturated carbocycles. The molecule has 2 atom stereocenters. The summed E-state index contributed by atoms with van der Waals surface area (Å²) in [4.78, 5) is 0. The van der Waals surface area contributed by atoms with Crippen molar-refractivity contribution in [3.63, 3.8) is 0 Å². The molecule has 0 radical (unpaired) electrons. The van der Waals surface area contributed by atoms with Crippen LogP contribution >= 0.6 is 11.6 Å². The Balaban J connectivity index is 2.17. The van der Waals surface area contributed by atoms with E-state index in [1.807, 2.05) is 0 Å². The molecule has 2 unspecified atom stereocenters. The van der Waals surface area contributed by atoms with Crippen LogP contribution in [-0.2, 0) is 10.9 Å². The molecule has 0 bridgehead atoms. The molecule has 1 aliphatic heterocycles. The van der Waals surface area contributed by atoms with Crippen molar-refractivity contribution in [2.75, 3.05) is 13.2 Å². The summed E-state index contributed by atoms with van der Waals surface area (Å²) in [6.07, 6.45) is -3.56. The van der Waals surface area contributed by atoms with Gasteiger partial charge < -0.3 is 10.5 Å². The molecule has 0 amide bonds. The van der Waals surface area contributed by atoms with Crippen LogP contribution in [-0.4, -0.2) is 33.9 Å². The highest BCUT2D eigenvalue weighted by atomic mass is 35.5. The molecule has 20 heavy (non-hydrogen) atoms. The number of aromatic nitrogens is 3. The topological polar surface area (TPSA) is 65.4 Å². The Bertz CT molecular complexity index is 657. The summed E-state index contributed by atoms with van der Waals surface area (Å²) >= 11 is 5.84. The number of fused-ring (bicyclic) bond motifs is 1. The molecule has 5 nitrogen and oxygen atoms in total. The van der Waals surface area contributed by atoms with Crippen molar-refractivity contribution in [1.82, 2.24) is 14.6 Å². The highest BCUT2D eigenvalue weighted by Crippen LogP contribution is 2.33. The number of nitrogens with two attached hydrogens (primary N) is 1. The van der Waals surface area contributed by atoms with Gasteiger partial charge in [-0.3, -0.25) is 4.40 Å². The van der Waals surface area contributed by atoms with Crippen LogP contribution in [0.2, 0.25) is 5.02 Å². The van der Waals surface area contributed by atoms with Crippen molar-refractivity contribution < 1.29 is 17.9 Å². The quantitative estimate of drug-likeness (QED) is 0.873. The van der Waals surface area contributed by atoms with E-state index in [-0.39, 0.29) is 22.6 Å². The van der Waals surface area contributed by atoms with Crippen molar-refractivity contribution in [2.45, 2.75) is 18.1 Å². The van der Waals surface area contributed by atoms with Gasteiger partial charge in [0, 0.05) is 12.2 Å². The fourth-order valence-corrected chi connectivity index (χ4v) is 2.46. The highest BCUT2D eigenvalue weighted by Gasteiger charge is 2.34. The third-order valence-corrected chi connectivity index (χ3v) is 3.55. The zero-order valence-corrected chi connectivity index (χ0v) is 10.8. The van der Waals surface area contributed by atoms with Gasteiger partial charge in [0.1, 0.15) is 5.82 Å². The highest BCUT2D eigenvalue weighted by molar-refractivity contribution is 6.33. The predicted octanol–water partition coefficient (Wildman–Crippen LogP) is 1.84. The SMILES string of the molecule is NC1COCC1c1nnc2c(Cl)cc(C(F)(F)F)cn12. The standard InChI is InChI=1S/C11H10ClF3N4O/c12-7-1-5(11(13,14)15)2-19-9(17-18-10(7)19)6-3-20-4-8(6)16/h1-2,6,8H,3-4,16H2. The number of pyridine rings is 1. The molecule has 0 aromatic carbocycles. The van der Waals surface area contributed by atoms with Crippen LogP contribution in [0.4, 0.5) is 13.2 Å². The molecule has 3 rings (SSSR count). The summed E-state index contributed by atoms with van der Waals surface area (Å²) in [5.74, 6) is 0.0301. The summed E-state index contributed by atoms with van der Waals surface area (Å²) in [6, 6.07) is 0.510. The number of alkyl halides is 3. The molecule has 1 aliphatic rings. The number of hydrogen-bond donors (Lipinski definition) is 1. The average molecular weight is 307 g/mol. The molecule has 108 valence electrons. The Morgan fingerprint density at radius 2 is 2.10 bits per heavy atom. The van der Waals surface area contributed by atoms with E-state index in [4.69, 9.17) is 22.1 Å². The smallest absolute Gasteiger partial charge is 0.379 e. The van der Waals surface area contributed by atoms with E-state index < -0.39 is 11.7 Å². The van der Waals surface area contributed by atoms with E-state index >= 15 is 0 Å². The molecular formula is C11H10ClF3N4O. The fraction of sp³-hybridized carbons (Fsp3) is 0.455. The number of nitrogens with zero attached hydrogens (tertiary/aromatic N) is 3. The lowest BCUT2D eigenvalue weighted by atomic mass is 10.0. The van der Waals surface area contributed by atoms with Crippen molar-refractivity contribution >= 4 is 17.2 Å². The maximum absolute atomic E-state index is 12.8. The predicted molar refractivity (Wildman–Crippen MR) is 64.5 cm³/mol. The third kappa shape index (κ3) is 2.13. The molecular weight excluding hydrogens is 297 g/mol. The van der Waals surface area contributed by atoms with Crippen LogP contribution in [0, 0.1) is 0 Å². The van der Waals surface area contributed by atoms with E-state index in [1.165, 1.54) is 4.40 Å². The Hall–Kier alpha value is -1.38. The largest absolute Gasteiger partial charge is 0.417 e. The summed E-state index contributed by atoms with van der Waals surface area (Å²) in [6.45, 7) is 0.641. The lowest BCUT2D eigenvalue weighted by Crippen LogP contribution is -2.28. The van der Waals surface area contributed by atoms with Gasteiger partial charge in [0.05, 0.1) is 29.7 Å². The average Bonchev–Trinajstić information content (AvgIpc) is 2.93. The van der Waals surface area contributed by atoms with Crippen LogP contribution in [0.15, 0.2) is 12.3 Å². The molecule has 2 aromatic rings. The third-order valence-electron chi connectivity index (χ3n) is 3.27. The van der Waals surface area contributed by atoms with Crippen molar-refractivity contribution in [3.05, 3.63) is 28.7 Å². The molecule has 3 heterocycles. The molecule has 2 N–H and O–H groups in total. The van der Waals surface area contributed by atoms with Crippen molar-refractivity contribution in [1.29, 1.82) is 0 Å². The maximum Gasteiger partial charge on any atom is 0.417 e. The lowest BCUT2D eigenvalue weighted by molar-refractivity contribution is -0.137. The second kappa shape index (κ2) is 4.57. The number of ether oxygens (including phenoxy) is 1. The first kappa shape index (κ1) is 13.6. The van der Waals surface area contributed by atoms with Gasteiger partial charge >= 0.3 is 6.18 Å². The van der Waals surface area contributed by atoms with Crippen LogP contribution < -0.4 is 5.73 Å². The normalized spacial score (nSPS) is 23.6. The number of halogens is 4. The second-order valence-electron chi connectivity index (χ2n) is 4.63. The zero-order valence-electron chi connectivity index (χ0n) is 10.1. The van der Waals surface area contributed by atoms with Crippen LogP contribution in [0.1, 0.15) is 17.3 Å². The Morgan fingerprint density at radius 3 is 2.70 bits per heavy atom. The fourth-order valence-electron chi connectivity index (χ4n) is 2.22. The van der Waals surface area contributed by atoms with E-state index in [2.05, 4.69) is 10.2 Å². The van der Waals surface area contributed by atoms with Gasteiger partial charge in [0.2, 0.25) is 0 Å². The number of rotatable bonds is 1. The van der Waals surface area contributed by atoms with Gasteiger partial charge in [0.25, 0.3) is 0 Å².